The van der Waals surface area contributed by atoms with E-state index in [0.717, 1.165) is 89.9 Å². The van der Waals surface area contributed by atoms with E-state index in [1.54, 1.807) is 0 Å². The highest BCUT2D eigenvalue weighted by Crippen LogP contribution is 2.13. The van der Waals surface area contributed by atoms with Gasteiger partial charge in [0, 0.05) is 19.3 Å². The molecule has 59 heavy (non-hydrogen) atoms. The summed E-state index contributed by atoms with van der Waals surface area (Å²) in [4.78, 5) is 37.8. The topological polar surface area (TPSA) is 78.9 Å². The van der Waals surface area contributed by atoms with E-state index in [9.17, 15) is 14.4 Å². The Morgan fingerprint density at radius 1 is 0.356 bits per heavy atom. The Morgan fingerprint density at radius 3 is 1.15 bits per heavy atom. The molecule has 0 rings (SSSR count). The van der Waals surface area contributed by atoms with Gasteiger partial charge in [0.1, 0.15) is 13.2 Å². The van der Waals surface area contributed by atoms with Crippen LogP contribution in [-0.2, 0) is 28.6 Å². The van der Waals surface area contributed by atoms with Crippen LogP contribution < -0.4 is 0 Å². The van der Waals surface area contributed by atoms with Gasteiger partial charge in [-0.2, -0.15) is 0 Å². The van der Waals surface area contributed by atoms with Crippen LogP contribution in [0.4, 0.5) is 0 Å². The number of ether oxygens (including phenoxy) is 3. The third-order valence-electron chi connectivity index (χ3n) is 10.3. The molecule has 1 atom stereocenters. The lowest BCUT2D eigenvalue weighted by Crippen LogP contribution is -2.30. The van der Waals surface area contributed by atoms with Gasteiger partial charge in [-0.25, -0.2) is 0 Å². The molecule has 0 aromatic carbocycles. The second kappa shape index (κ2) is 47.5. The predicted octanol–water partition coefficient (Wildman–Crippen LogP) is 15.9. The molecule has 0 aliphatic heterocycles. The van der Waals surface area contributed by atoms with E-state index in [4.69, 9.17) is 14.2 Å². The van der Waals surface area contributed by atoms with Crippen LogP contribution in [0.1, 0.15) is 226 Å². The molecule has 1 unspecified atom stereocenters. The van der Waals surface area contributed by atoms with Gasteiger partial charge in [0.05, 0.1) is 0 Å². The van der Waals surface area contributed by atoms with Crippen molar-refractivity contribution in [3.8, 4) is 0 Å². The van der Waals surface area contributed by atoms with Crippen molar-refractivity contribution in [3.63, 3.8) is 0 Å². The third-order valence-corrected chi connectivity index (χ3v) is 10.3. The molecule has 0 fully saturated rings. The molecular formula is C53H90O6. The maximum absolute atomic E-state index is 12.7. The Balaban J connectivity index is 4.40. The zero-order valence-corrected chi connectivity index (χ0v) is 38.5. The van der Waals surface area contributed by atoms with E-state index >= 15 is 0 Å². The molecule has 0 aliphatic rings. The van der Waals surface area contributed by atoms with Crippen molar-refractivity contribution in [1.82, 2.24) is 0 Å². The van der Waals surface area contributed by atoms with Crippen LogP contribution in [0.5, 0.6) is 0 Å². The summed E-state index contributed by atoms with van der Waals surface area (Å²) in [6, 6.07) is 0. The SMILES string of the molecule is CC\C=C/C=C\C=C/C=C\CCCCCC(=O)OC(COC(=O)CCCCCC/C=C\CCCC)COC(=O)CCCCCCC/C=C\CCCCCCCCCCC. The summed E-state index contributed by atoms with van der Waals surface area (Å²) in [5, 5.41) is 0. The number of allylic oxidation sites excluding steroid dienone is 12. The van der Waals surface area contributed by atoms with E-state index in [-0.39, 0.29) is 37.5 Å². The average Bonchev–Trinajstić information content (AvgIpc) is 3.23. The van der Waals surface area contributed by atoms with Crippen molar-refractivity contribution in [1.29, 1.82) is 0 Å². The largest absolute Gasteiger partial charge is 0.462 e. The molecule has 0 aliphatic carbocycles. The Hall–Kier alpha value is -3.15. The molecule has 0 bridgehead atoms. The number of carbonyl (C=O) groups is 3. The second-order valence-electron chi connectivity index (χ2n) is 16.1. The van der Waals surface area contributed by atoms with Crippen LogP contribution in [0.25, 0.3) is 0 Å². The quantitative estimate of drug-likeness (QED) is 0.0200. The number of hydrogen-bond donors (Lipinski definition) is 0. The van der Waals surface area contributed by atoms with E-state index in [1.165, 1.54) is 89.9 Å². The van der Waals surface area contributed by atoms with E-state index in [0.29, 0.717) is 19.3 Å². The summed E-state index contributed by atoms with van der Waals surface area (Å²) in [6.45, 7) is 6.39. The van der Waals surface area contributed by atoms with Crippen LogP contribution in [0.2, 0.25) is 0 Å². The molecule has 0 heterocycles. The van der Waals surface area contributed by atoms with Crippen molar-refractivity contribution in [2.24, 2.45) is 0 Å². The molecule has 0 aromatic heterocycles. The molecule has 0 amide bonds. The Labute approximate surface area is 363 Å². The van der Waals surface area contributed by atoms with Crippen LogP contribution in [0.15, 0.2) is 72.9 Å². The number of esters is 3. The van der Waals surface area contributed by atoms with E-state index < -0.39 is 6.10 Å². The van der Waals surface area contributed by atoms with Gasteiger partial charge in [-0.15, -0.1) is 0 Å². The lowest BCUT2D eigenvalue weighted by molar-refractivity contribution is -0.167. The summed E-state index contributed by atoms with van der Waals surface area (Å²) < 4.78 is 16.7. The van der Waals surface area contributed by atoms with E-state index in [2.05, 4.69) is 57.2 Å². The van der Waals surface area contributed by atoms with Gasteiger partial charge < -0.3 is 14.2 Å². The highest BCUT2D eigenvalue weighted by molar-refractivity contribution is 5.71. The fraction of sp³-hybridized carbons (Fsp3) is 0.717. The number of unbranched alkanes of at least 4 members (excludes halogenated alkanes) is 23. The predicted molar refractivity (Wildman–Crippen MR) is 251 cm³/mol. The lowest BCUT2D eigenvalue weighted by atomic mass is 10.1. The number of rotatable bonds is 43. The fourth-order valence-electron chi connectivity index (χ4n) is 6.54. The number of carbonyl (C=O) groups excluding carboxylic acids is 3. The van der Waals surface area contributed by atoms with Crippen LogP contribution in [0.3, 0.4) is 0 Å². The van der Waals surface area contributed by atoms with Crippen LogP contribution in [-0.4, -0.2) is 37.2 Å². The first-order valence-corrected chi connectivity index (χ1v) is 24.5. The molecule has 0 radical (unpaired) electrons. The summed E-state index contributed by atoms with van der Waals surface area (Å²) >= 11 is 0. The molecule has 0 aromatic rings. The van der Waals surface area contributed by atoms with Gasteiger partial charge in [-0.3, -0.25) is 14.4 Å². The first-order valence-electron chi connectivity index (χ1n) is 24.5. The molecule has 0 saturated heterocycles. The standard InChI is InChI=1S/C53H90O6/c1-4-7-10-13-16-19-22-24-25-26-27-28-30-31-34-37-40-43-46-52(55)58-49-50(48-57-51(54)45-42-39-36-33-21-18-15-12-9-6-3)59-53(56)47-44-41-38-35-32-29-23-20-17-14-11-8-5-2/h8,11,14-15,17-18,20,23,27-29,32,50H,4-7,9-10,12-13,16,19,21-22,24-26,30-31,33-49H2,1-3H3/b11-8-,17-14-,18-15-,23-20-,28-27-,32-29-. The van der Waals surface area contributed by atoms with Crippen LogP contribution in [0, 0.1) is 0 Å². The van der Waals surface area contributed by atoms with Gasteiger partial charge in [0.25, 0.3) is 0 Å². The molecule has 6 nitrogen and oxygen atoms in total. The molecule has 0 N–H and O–H groups in total. The highest BCUT2D eigenvalue weighted by Gasteiger charge is 2.19. The zero-order chi connectivity index (χ0) is 43.0. The van der Waals surface area contributed by atoms with Gasteiger partial charge >= 0.3 is 17.9 Å². The normalized spacial score (nSPS) is 12.7. The van der Waals surface area contributed by atoms with Crippen molar-refractivity contribution in [3.05, 3.63) is 72.9 Å². The maximum Gasteiger partial charge on any atom is 0.306 e. The van der Waals surface area contributed by atoms with Crippen molar-refractivity contribution >= 4 is 17.9 Å². The smallest absolute Gasteiger partial charge is 0.306 e. The number of hydrogen-bond acceptors (Lipinski definition) is 6. The van der Waals surface area contributed by atoms with Crippen LogP contribution >= 0.6 is 0 Å². The van der Waals surface area contributed by atoms with E-state index in [1.807, 2.05) is 36.5 Å². The summed E-state index contributed by atoms with van der Waals surface area (Å²) in [5.74, 6) is -0.964. The molecular weight excluding hydrogens is 733 g/mol. The molecule has 6 heteroatoms. The summed E-state index contributed by atoms with van der Waals surface area (Å²) in [6.07, 6.45) is 58.9. The van der Waals surface area contributed by atoms with Crippen molar-refractivity contribution in [2.75, 3.05) is 13.2 Å². The summed E-state index contributed by atoms with van der Waals surface area (Å²) in [5.41, 5.74) is 0. The Bertz CT molecular complexity index is 1130. The first kappa shape index (κ1) is 55.9. The lowest BCUT2D eigenvalue weighted by Gasteiger charge is -2.18. The first-order chi connectivity index (χ1) is 29.0. The van der Waals surface area contributed by atoms with Crippen molar-refractivity contribution in [2.45, 2.75) is 232 Å². The zero-order valence-electron chi connectivity index (χ0n) is 38.5. The fourth-order valence-corrected chi connectivity index (χ4v) is 6.54. The molecule has 338 valence electrons. The van der Waals surface area contributed by atoms with Gasteiger partial charge in [-0.05, 0) is 83.5 Å². The Kier molecular flexibility index (Phi) is 45.0. The molecule has 0 saturated carbocycles. The van der Waals surface area contributed by atoms with Gasteiger partial charge in [0.2, 0.25) is 0 Å². The van der Waals surface area contributed by atoms with Crippen molar-refractivity contribution < 1.29 is 28.6 Å². The minimum Gasteiger partial charge on any atom is -0.462 e. The minimum absolute atomic E-state index is 0.0998. The minimum atomic E-state index is -0.801. The molecule has 0 spiro atoms. The maximum atomic E-state index is 12.7. The monoisotopic (exact) mass is 823 g/mol. The second-order valence-corrected chi connectivity index (χ2v) is 16.1. The third kappa shape index (κ3) is 45.8. The average molecular weight is 823 g/mol. The van der Waals surface area contributed by atoms with Gasteiger partial charge in [0.15, 0.2) is 6.10 Å². The highest BCUT2D eigenvalue weighted by atomic mass is 16.6. The Morgan fingerprint density at radius 2 is 0.695 bits per heavy atom. The van der Waals surface area contributed by atoms with Gasteiger partial charge in [-0.1, -0.05) is 196 Å². The summed E-state index contributed by atoms with van der Waals surface area (Å²) in [7, 11) is 0.